The van der Waals surface area contributed by atoms with Crippen LogP contribution in [0.3, 0.4) is 0 Å². The second kappa shape index (κ2) is 3.73. The average molecular weight is 202 g/mol. The first-order valence-corrected chi connectivity index (χ1v) is 5.53. The van der Waals surface area contributed by atoms with Crippen molar-refractivity contribution >= 4 is 0 Å². The van der Waals surface area contributed by atoms with Gasteiger partial charge < -0.3 is 4.74 Å². The Morgan fingerprint density at radius 1 is 1.53 bits per heavy atom. The Kier molecular flexibility index (Phi) is 2.56. The van der Waals surface area contributed by atoms with Crippen LogP contribution in [0.5, 0.6) is 5.75 Å². The molecule has 1 atom stereocenters. The summed E-state index contributed by atoms with van der Waals surface area (Å²) in [6.07, 6.45) is 5.05. The third-order valence-electron chi connectivity index (χ3n) is 3.08. The van der Waals surface area contributed by atoms with Gasteiger partial charge in [-0.15, -0.1) is 6.58 Å². The van der Waals surface area contributed by atoms with E-state index in [2.05, 4.69) is 38.6 Å². The lowest BCUT2D eigenvalue weighted by Crippen LogP contribution is -2.29. The summed E-state index contributed by atoms with van der Waals surface area (Å²) in [5, 5.41) is 0. The van der Waals surface area contributed by atoms with Crippen molar-refractivity contribution in [3.05, 3.63) is 42.0 Å². The zero-order valence-corrected chi connectivity index (χ0v) is 9.55. The average Bonchev–Trinajstić information content (AvgIpc) is 2.54. The molecule has 0 saturated carbocycles. The maximum absolute atomic E-state index is 6.08. The molecule has 0 aromatic heterocycles. The number of ether oxygens (including phenoxy) is 1. The largest absolute Gasteiger partial charge is 0.487 e. The molecular weight excluding hydrogens is 184 g/mol. The van der Waals surface area contributed by atoms with E-state index in [1.54, 1.807) is 0 Å². The number of fused-ring (bicyclic) bond motifs is 1. The fourth-order valence-corrected chi connectivity index (χ4v) is 2.23. The van der Waals surface area contributed by atoms with E-state index in [1.807, 2.05) is 6.08 Å². The van der Waals surface area contributed by atoms with Gasteiger partial charge in [0.15, 0.2) is 0 Å². The molecule has 0 bridgehead atoms. The predicted octanol–water partition coefficient (Wildman–Crippen LogP) is 3.65. The number of hydrogen-bond donors (Lipinski definition) is 0. The van der Waals surface area contributed by atoms with E-state index in [0.29, 0.717) is 0 Å². The van der Waals surface area contributed by atoms with Crippen LogP contribution < -0.4 is 4.74 Å². The van der Waals surface area contributed by atoms with Crippen LogP contribution in [-0.2, 0) is 6.42 Å². The van der Waals surface area contributed by atoms with E-state index < -0.39 is 0 Å². The summed E-state index contributed by atoms with van der Waals surface area (Å²) in [5.74, 6) is 1.10. The summed E-state index contributed by atoms with van der Waals surface area (Å²) in [7, 11) is 0. The molecule has 2 rings (SSSR count). The Bertz CT molecular complexity index is 381. The third-order valence-corrected chi connectivity index (χ3v) is 3.08. The highest BCUT2D eigenvalue weighted by atomic mass is 16.5. The molecule has 0 radical (unpaired) electrons. The summed E-state index contributed by atoms with van der Waals surface area (Å²) >= 11 is 0. The number of allylic oxidation sites excluding steroid dienone is 1. The Balaban J connectivity index is 2.21. The zero-order chi connectivity index (χ0) is 10.9. The van der Waals surface area contributed by atoms with Crippen LogP contribution in [-0.4, -0.2) is 5.60 Å². The number of para-hydroxylation sites is 1. The molecule has 1 aliphatic rings. The number of hydrogen-bond acceptors (Lipinski definition) is 1. The second-order valence-corrected chi connectivity index (χ2v) is 4.62. The quantitative estimate of drug-likeness (QED) is 0.680. The van der Waals surface area contributed by atoms with Gasteiger partial charge in [-0.2, -0.15) is 0 Å². The monoisotopic (exact) mass is 202 g/mol. The van der Waals surface area contributed by atoms with Gasteiger partial charge in [0.05, 0.1) is 0 Å². The van der Waals surface area contributed by atoms with Crippen molar-refractivity contribution in [2.75, 3.05) is 0 Å². The number of aryl methyl sites for hydroxylation is 1. The van der Waals surface area contributed by atoms with Gasteiger partial charge in [-0.3, -0.25) is 0 Å². The highest BCUT2D eigenvalue weighted by Crippen LogP contribution is 2.39. The molecule has 0 N–H and O–H groups in total. The van der Waals surface area contributed by atoms with Gasteiger partial charge in [-0.05, 0) is 37.8 Å². The van der Waals surface area contributed by atoms with Crippen molar-refractivity contribution in [3.63, 3.8) is 0 Å². The standard InChI is InChI=1S/C14H18O/c1-4-5-9-14(3)10-12-8-6-7-11(2)13(12)15-14/h4,6-8H,1,5,9-10H2,2-3H3. The number of rotatable bonds is 3. The molecule has 1 unspecified atom stereocenters. The van der Waals surface area contributed by atoms with Crippen molar-refractivity contribution in [1.82, 2.24) is 0 Å². The van der Waals surface area contributed by atoms with Crippen LogP contribution >= 0.6 is 0 Å². The molecule has 0 amide bonds. The molecule has 1 aromatic carbocycles. The molecule has 1 heterocycles. The molecule has 0 aliphatic carbocycles. The highest BCUT2D eigenvalue weighted by Gasteiger charge is 2.34. The molecule has 1 aliphatic heterocycles. The second-order valence-electron chi connectivity index (χ2n) is 4.62. The van der Waals surface area contributed by atoms with Crippen molar-refractivity contribution in [2.24, 2.45) is 0 Å². The van der Waals surface area contributed by atoms with Crippen LogP contribution in [0.15, 0.2) is 30.9 Å². The van der Waals surface area contributed by atoms with E-state index in [1.165, 1.54) is 11.1 Å². The minimum atomic E-state index is -0.0252. The van der Waals surface area contributed by atoms with Crippen molar-refractivity contribution in [2.45, 2.75) is 38.7 Å². The first kappa shape index (κ1) is 10.3. The smallest absolute Gasteiger partial charge is 0.126 e. The van der Waals surface area contributed by atoms with Crippen LogP contribution in [0.4, 0.5) is 0 Å². The topological polar surface area (TPSA) is 9.23 Å². The van der Waals surface area contributed by atoms with E-state index in [4.69, 9.17) is 4.74 Å². The summed E-state index contributed by atoms with van der Waals surface area (Å²) in [6, 6.07) is 6.39. The molecule has 0 saturated heterocycles. The molecule has 15 heavy (non-hydrogen) atoms. The van der Waals surface area contributed by atoms with Gasteiger partial charge >= 0.3 is 0 Å². The molecular formula is C14H18O. The molecule has 0 spiro atoms. The maximum Gasteiger partial charge on any atom is 0.126 e. The van der Waals surface area contributed by atoms with Crippen LogP contribution in [0.2, 0.25) is 0 Å². The van der Waals surface area contributed by atoms with Gasteiger partial charge in [0.1, 0.15) is 11.4 Å². The van der Waals surface area contributed by atoms with Gasteiger partial charge in [-0.1, -0.05) is 24.3 Å². The third kappa shape index (κ3) is 1.92. The van der Waals surface area contributed by atoms with Gasteiger partial charge in [-0.25, -0.2) is 0 Å². The predicted molar refractivity (Wildman–Crippen MR) is 63.3 cm³/mol. The minimum absolute atomic E-state index is 0.0252. The van der Waals surface area contributed by atoms with Gasteiger partial charge in [0.25, 0.3) is 0 Å². The lowest BCUT2D eigenvalue weighted by molar-refractivity contribution is 0.106. The van der Waals surface area contributed by atoms with Crippen LogP contribution in [0, 0.1) is 6.92 Å². The first-order valence-electron chi connectivity index (χ1n) is 5.53. The lowest BCUT2D eigenvalue weighted by atomic mass is 9.94. The van der Waals surface area contributed by atoms with Gasteiger partial charge in [0, 0.05) is 6.42 Å². The van der Waals surface area contributed by atoms with E-state index in [-0.39, 0.29) is 5.60 Å². The maximum atomic E-state index is 6.08. The van der Waals surface area contributed by atoms with Crippen molar-refractivity contribution in [3.8, 4) is 5.75 Å². The summed E-state index contributed by atoms with van der Waals surface area (Å²) < 4.78 is 6.08. The Morgan fingerprint density at radius 2 is 2.33 bits per heavy atom. The summed E-state index contributed by atoms with van der Waals surface area (Å²) in [5.41, 5.74) is 2.57. The van der Waals surface area contributed by atoms with Crippen molar-refractivity contribution in [1.29, 1.82) is 0 Å². The molecule has 1 heteroatoms. The summed E-state index contributed by atoms with van der Waals surface area (Å²) in [6.45, 7) is 8.06. The fourth-order valence-electron chi connectivity index (χ4n) is 2.23. The van der Waals surface area contributed by atoms with Crippen molar-refractivity contribution < 1.29 is 4.74 Å². The normalized spacial score (nSPS) is 23.3. The van der Waals surface area contributed by atoms with E-state index in [0.717, 1.165) is 25.0 Å². The molecule has 1 aromatic rings. The number of benzene rings is 1. The molecule has 1 nitrogen and oxygen atoms in total. The highest BCUT2D eigenvalue weighted by molar-refractivity contribution is 5.45. The summed E-state index contributed by atoms with van der Waals surface area (Å²) in [4.78, 5) is 0. The lowest BCUT2D eigenvalue weighted by Gasteiger charge is -2.23. The zero-order valence-electron chi connectivity index (χ0n) is 9.55. The fraction of sp³-hybridized carbons (Fsp3) is 0.429. The SMILES string of the molecule is C=CCCC1(C)Cc2cccc(C)c2O1. The molecule has 0 fully saturated rings. The van der Waals surface area contributed by atoms with E-state index in [9.17, 15) is 0 Å². The minimum Gasteiger partial charge on any atom is -0.487 e. The van der Waals surface area contributed by atoms with E-state index >= 15 is 0 Å². The Morgan fingerprint density at radius 3 is 3.00 bits per heavy atom. The Hall–Kier alpha value is -1.24. The van der Waals surface area contributed by atoms with Crippen LogP contribution in [0.25, 0.3) is 0 Å². The first-order chi connectivity index (χ1) is 7.14. The van der Waals surface area contributed by atoms with Gasteiger partial charge in [0.2, 0.25) is 0 Å². The van der Waals surface area contributed by atoms with Crippen LogP contribution in [0.1, 0.15) is 30.9 Å². The Labute approximate surface area is 91.8 Å². The molecule has 80 valence electrons.